The van der Waals surface area contributed by atoms with Gasteiger partial charge in [-0.2, -0.15) is 9.40 Å². The van der Waals surface area contributed by atoms with Crippen LogP contribution in [0.2, 0.25) is 0 Å². The van der Waals surface area contributed by atoms with Crippen molar-refractivity contribution in [3.05, 3.63) is 45.7 Å². The maximum Gasteiger partial charge on any atom is 0.264 e. The first kappa shape index (κ1) is 18.8. The average molecular weight is 376 g/mol. The quantitative estimate of drug-likeness (QED) is 0.871. The zero-order chi connectivity index (χ0) is 18.9. The highest BCUT2D eigenvalue weighted by Gasteiger charge is 2.30. The van der Waals surface area contributed by atoms with Crippen molar-refractivity contribution in [2.45, 2.75) is 25.7 Å². The smallest absolute Gasteiger partial charge is 0.264 e. The molecule has 0 amide bonds. The molecule has 1 N–H and O–H groups in total. The Kier molecular flexibility index (Phi) is 5.27. The lowest BCUT2D eigenvalue weighted by molar-refractivity contribution is 0.196. The normalized spacial score (nSPS) is 16.7. The molecule has 26 heavy (non-hydrogen) atoms. The molecule has 0 bridgehead atoms. The largest absolute Gasteiger partial charge is 0.301 e. The molecule has 0 saturated carbocycles. The lowest BCUT2D eigenvalue weighted by Crippen LogP contribution is -2.48. The van der Waals surface area contributed by atoms with Crippen molar-refractivity contribution in [1.82, 2.24) is 19.4 Å². The molecule has 140 valence electrons. The number of nitrogens with one attached hydrogen (secondary N) is 1. The minimum Gasteiger partial charge on any atom is -0.301 e. The van der Waals surface area contributed by atoms with Crippen LogP contribution in [-0.4, -0.2) is 60.5 Å². The Morgan fingerprint density at radius 3 is 2.38 bits per heavy atom. The van der Waals surface area contributed by atoms with Crippen molar-refractivity contribution < 1.29 is 8.42 Å². The van der Waals surface area contributed by atoms with Crippen LogP contribution in [0.3, 0.4) is 0 Å². The fraction of sp³-hybridized carbons (Fsp3) is 0.444. The van der Waals surface area contributed by atoms with Gasteiger partial charge in [-0.1, -0.05) is 6.92 Å². The van der Waals surface area contributed by atoms with Gasteiger partial charge in [0.05, 0.1) is 10.6 Å². The van der Waals surface area contributed by atoms with Crippen molar-refractivity contribution in [2.24, 2.45) is 0 Å². The number of aromatic amines is 1. The number of hydrogen-bond donors (Lipinski definition) is 1. The number of rotatable bonds is 4. The van der Waals surface area contributed by atoms with Crippen LogP contribution in [0.15, 0.2) is 34.0 Å². The number of sulfonamides is 1. The third-order valence-corrected chi connectivity index (χ3v) is 7.02. The summed E-state index contributed by atoms with van der Waals surface area (Å²) < 4.78 is 28.0. The Morgan fingerprint density at radius 2 is 1.81 bits per heavy atom. The van der Waals surface area contributed by atoms with E-state index in [-0.39, 0.29) is 5.56 Å². The molecular weight excluding hydrogens is 352 g/mol. The molecule has 0 radical (unpaired) electrons. The molecule has 2 aromatic rings. The summed E-state index contributed by atoms with van der Waals surface area (Å²) in [5.74, 6) is 0. The first-order valence-electron chi connectivity index (χ1n) is 8.72. The summed E-state index contributed by atoms with van der Waals surface area (Å²) in [7, 11) is -3.58. The SMILES string of the molecule is CCN1CCN(S(=O)(=O)c2cc(-c3ccc(=O)[nH]n3)cc(C)c2C)CC1. The molecule has 1 aliphatic heterocycles. The molecule has 2 heterocycles. The highest BCUT2D eigenvalue weighted by Crippen LogP contribution is 2.29. The summed E-state index contributed by atoms with van der Waals surface area (Å²) in [6.45, 7) is 9.21. The predicted molar refractivity (Wildman–Crippen MR) is 101 cm³/mol. The molecule has 3 rings (SSSR count). The van der Waals surface area contributed by atoms with Crippen molar-refractivity contribution in [3.8, 4) is 11.3 Å². The molecule has 7 nitrogen and oxygen atoms in total. The lowest BCUT2D eigenvalue weighted by atomic mass is 10.0. The van der Waals surface area contributed by atoms with Gasteiger partial charge in [-0.3, -0.25) is 4.79 Å². The molecule has 1 saturated heterocycles. The van der Waals surface area contributed by atoms with Crippen molar-refractivity contribution >= 4 is 10.0 Å². The van der Waals surface area contributed by atoms with Crippen LogP contribution in [-0.2, 0) is 10.0 Å². The van der Waals surface area contributed by atoms with Crippen LogP contribution in [0, 0.1) is 13.8 Å². The van der Waals surface area contributed by atoms with E-state index in [1.165, 1.54) is 6.07 Å². The van der Waals surface area contributed by atoms with Crippen LogP contribution < -0.4 is 5.56 Å². The van der Waals surface area contributed by atoms with Gasteiger partial charge in [-0.05, 0) is 49.7 Å². The zero-order valence-corrected chi connectivity index (χ0v) is 16.1. The number of aryl methyl sites for hydroxylation is 1. The second kappa shape index (κ2) is 7.30. The number of piperazine rings is 1. The Hall–Kier alpha value is -2.03. The number of benzene rings is 1. The summed E-state index contributed by atoms with van der Waals surface area (Å²) in [6, 6.07) is 6.53. The van der Waals surface area contributed by atoms with Gasteiger partial charge < -0.3 is 4.90 Å². The molecule has 1 aromatic heterocycles. The summed E-state index contributed by atoms with van der Waals surface area (Å²) in [5, 5.41) is 6.42. The lowest BCUT2D eigenvalue weighted by Gasteiger charge is -2.33. The van der Waals surface area contributed by atoms with E-state index >= 15 is 0 Å². The zero-order valence-electron chi connectivity index (χ0n) is 15.3. The minimum atomic E-state index is -3.58. The highest BCUT2D eigenvalue weighted by atomic mass is 32.2. The van der Waals surface area contributed by atoms with E-state index in [9.17, 15) is 13.2 Å². The maximum atomic E-state index is 13.2. The molecule has 0 aliphatic carbocycles. The van der Waals surface area contributed by atoms with E-state index < -0.39 is 10.0 Å². The Bertz CT molecular complexity index is 940. The standard InChI is InChI=1S/C18H24N4O3S/c1-4-21-7-9-22(10-8-21)26(24,25)17-12-15(11-13(2)14(17)3)16-5-6-18(23)20-19-16/h5-6,11-12H,4,7-10H2,1-3H3,(H,20,23). The number of aromatic nitrogens is 2. The van der Waals surface area contributed by atoms with E-state index in [0.29, 0.717) is 29.2 Å². The van der Waals surface area contributed by atoms with Crippen molar-refractivity contribution in [1.29, 1.82) is 0 Å². The van der Waals surface area contributed by atoms with Crippen LogP contribution in [0.5, 0.6) is 0 Å². The first-order chi connectivity index (χ1) is 12.3. The fourth-order valence-corrected chi connectivity index (χ4v) is 4.92. The van der Waals surface area contributed by atoms with E-state index in [4.69, 9.17) is 0 Å². The molecule has 8 heteroatoms. The third-order valence-electron chi connectivity index (χ3n) is 4.99. The van der Waals surface area contributed by atoms with E-state index in [2.05, 4.69) is 22.0 Å². The Morgan fingerprint density at radius 1 is 1.12 bits per heavy atom. The van der Waals surface area contributed by atoms with Crippen LogP contribution in [0.1, 0.15) is 18.1 Å². The predicted octanol–water partition coefficient (Wildman–Crippen LogP) is 1.38. The van der Waals surface area contributed by atoms with Gasteiger partial charge in [0.2, 0.25) is 10.0 Å². The molecule has 0 unspecified atom stereocenters. The van der Waals surface area contributed by atoms with Crippen LogP contribution in [0.4, 0.5) is 0 Å². The van der Waals surface area contributed by atoms with E-state index in [0.717, 1.165) is 30.8 Å². The van der Waals surface area contributed by atoms with Crippen molar-refractivity contribution in [2.75, 3.05) is 32.7 Å². The summed E-state index contributed by atoms with van der Waals surface area (Å²) in [4.78, 5) is 13.8. The fourth-order valence-electron chi connectivity index (χ4n) is 3.17. The Labute approximate surface area is 153 Å². The van der Waals surface area contributed by atoms with Gasteiger partial charge in [-0.25, -0.2) is 13.5 Å². The highest BCUT2D eigenvalue weighted by molar-refractivity contribution is 7.89. The maximum absolute atomic E-state index is 13.2. The molecule has 1 fully saturated rings. The Balaban J connectivity index is 2.01. The van der Waals surface area contributed by atoms with Gasteiger partial charge >= 0.3 is 0 Å². The van der Waals surface area contributed by atoms with Gasteiger partial charge in [0.1, 0.15) is 0 Å². The first-order valence-corrected chi connectivity index (χ1v) is 10.2. The molecule has 0 spiro atoms. The van der Waals surface area contributed by atoms with E-state index in [1.807, 2.05) is 19.9 Å². The monoisotopic (exact) mass is 376 g/mol. The number of nitrogens with zero attached hydrogens (tertiary/aromatic N) is 3. The minimum absolute atomic E-state index is 0.292. The second-order valence-corrected chi connectivity index (χ2v) is 8.47. The van der Waals surface area contributed by atoms with Crippen LogP contribution >= 0.6 is 0 Å². The molecule has 1 aliphatic rings. The molecule has 0 atom stereocenters. The number of hydrogen-bond acceptors (Lipinski definition) is 5. The van der Waals surface area contributed by atoms with Gasteiger partial charge in [0.15, 0.2) is 0 Å². The molecule has 1 aromatic carbocycles. The average Bonchev–Trinajstić information content (AvgIpc) is 2.64. The number of likely N-dealkylation sites (N-methyl/N-ethyl adjacent to an activating group) is 1. The summed E-state index contributed by atoms with van der Waals surface area (Å²) in [6.07, 6.45) is 0. The summed E-state index contributed by atoms with van der Waals surface area (Å²) >= 11 is 0. The topological polar surface area (TPSA) is 86.4 Å². The molecular formula is C18H24N4O3S. The van der Waals surface area contributed by atoms with Gasteiger partial charge in [0, 0.05) is 37.8 Å². The van der Waals surface area contributed by atoms with Gasteiger partial charge in [-0.15, -0.1) is 0 Å². The van der Waals surface area contributed by atoms with Gasteiger partial charge in [0.25, 0.3) is 5.56 Å². The number of H-pyrrole nitrogens is 1. The summed E-state index contributed by atoms with van der Waals surface area (Å²) in [5.41, 5.74) is 2.55. The third kappa shape index (κ3) is 3.58. The second-order valence-electron chi connectivity index (χ2n) is 6.56. The van der Waals surface area contributed by atoms with Crippen molar-refractivity contribution in [3.63, 3.8) is 0 Å². The van der Waals surface area contributed by atoms with E-state index in [1.54, 1.807) is 16.4 Å². The van der Waals surface area contributed by atoms with Crippen LogP contribution in [0.25, 0.3) is 11.3 Å².